The predicted molar refractivity (Wildman–Crippen MR) is 171 cm³/mol. The van der Waals surface area contributed by atoms with Crippen LogP contribution in [0, 0.1) is 11.8 Å². The number of aliphatic hydroxyl groups is 1. The fourth-order valence-electron chi connectivity index (χ4n) is 4.39. The molecule has 0 aliphatic rings. The van der Waals surface area contributed by atoms with Gasteiger partial charge in [0.05, 0.1) is 26.9 Å². The maximum Gasteiger partial charge on any atom is 0.343 e. The molecule has 4 aromatic carbocycles. The van der Waals surface area contributed by atoms with E-state index in [0.29, 0.717) is 19.0 Å². The SMILES string of the molecule is COC(=O)COc1ccccc1COCC=C(c1ccc(C#Cc2ccc(CO)cc2)cc1)c1ccc(C(C)(C)C)cc1. The van der Waals surface area contributed by atoms with Crippen LogP contribution in [0.1, 0.15) is 59.7 Å². The van der Waals surface area contributed by atoms with Crippen molar-refractivity contribution in [2.45, 2.75) is 39.4 Å². The smallest absolute Gasteiger partial charge is 0.343 e. The molecule has 0 amide bonds. The summed E-state index contributed by atoms with van der Waals surface area (Å²) in [6, 6.07) is 32.0. The van der Waals surface area contributed by atoms with Crippen LogP contribution in [0.2, 0.25) is 0 Å². The molecule has 1 N–H and O–H groups in total. The summed E-state index contributed by atoms with van der Waals surface area (Å²) in [5.41, 5.74) is 8.09. The predicted octanol–water partition coefficient (Wildman–Crippen LogP) is 7.08. The molecule has 0 fully saturated rings. The van der Waals surface area contributed by atoms with Gasteiger partial charge in [-0.25, -0.2) is 4.79 Å². The molecule has 220 valence electrons. The minimum Gasteiger partial charge on any atom is -0.482 e. The van der Waals surface area contributed by atoms with Crippen LogP contribution in [-0.2, 0) is 32.9 Å². The van der Waals surface area contributed by atoms with Gasteiger partial charge in [0.2, 0.25) is 0 Å². The normalized spacial score (nSPS) is 11.4. The number of benzene rings is 4. The molecular formula is C38H38O5. The molecular weight excluding hydrogens is 536 g/mol. The number of para-hydroxylation sites is 1. The fourth-order valence-corrected chi connectivity index (χ4v) is 4.39. The van der Waals surface area contributed by atoms with Crippen molar-refractivity contribution in [3.8, 4) is 17.6 Å². The molecule has 0 aromatic heterocycles. The summed E-state index contributed by atoms with van der Waals surface area (Å²) in [4.78, 5) is 11.5. The number of hydrogen-bond donors (Lipinski definition) is 1. The molecule has 5 nitrogen and oxygen atoms in total. The van der Waals surface area contributed by atoms with Crippen LogP contribution in [-0.4, -0.2) is 31.4 Å². The number of carbonyl (C=O) groups is 1. The van der Waals surface area contributed by atoms with Crippen molar-refractivity contribution in [2.24, 2.45) is 0 Å². The first-order valence-electron chi connectivity index (χ1n) is 14.3. The highest BCUT2D eigenvalue weighted by Crippen LogP contribution is 2.28. The van der Waals surface area contributed by atoms with Crippen LogP contribution >= 0.6 is 0 Å². The van der Waals surface area contributed by atoms with Gasteiger partial charge in [0.15, 0.2) is 6.61 Å². The van der Waals surface area contributed by atoms with E-state index in [1.807, 2.05) is 60.7 Å². The number of rotatable bonds is 10. The highest BCUT2D eigenvalue weighted by atomic mass is 16.6. The Morgan fingerprint density at radius 3 is 1.98 bits per heavy atom. The molecule has 0 spiro atoms. The third-order valence-electron chi connectivity index (χ3n) is 6.95. The van der Waals surface area contributed by atoms with E-state index in [2.05, 4.69) is 79.8 Å². The third-order valence-corrected chi connectivity index (χ3v) is 6.95. The van der Waals surface area contributed by atoms with Gasteiger partial charge in [0, 0.05) is 16.7 Å². The Morgan fingerprint density at radius 1 is 0.814 bits per heavy atom. The highest BCUT2D eigenvalue weighted by molar-refractivity contribution is 5.80. The Balaban J connectivity index is 1.53. The quantitative estimate of drug-likeness (QED) is 0.125. The monoisotopic (exact) mass is 574 g/mol. The molecule has 5 heteroatoms. The number of carbonyl (C=O) groups excluding carboxylic acids is 1. The van der Waals surface area contributed by atoms with Crippen LogP contribution in [0.4, 0.5) is 0 Å². The topological polar surface area (TPSA) is 65.0 Å². The number of methoxy groups -OCH3 is 1. The minimum atomic E-state index is -0.436. The molecule has 0 heterocycles. The van der Waals surface area contributed by atoms with E-state index in [9.17, 15) is 9.90 Å². The standard InChI is InChI=1S/C38H38O5/c1-38(2,3)34-21-19-32(20-22-34)35(23-24-42-26-33-7-5-6-8-36(33)43-27-37(40)41-4)31-17-15-29(16-18-31)10-9-28-11-13-30(25-39)14-12-28/h5-8,11-23,39H,24-27H2,1-4H3. The largest absolute Gasteiger partial charge is 0.482 e. The van der Waals surface area contributed by atoms with E-state index in [-0.39, 0.29) is 18.6 Å². The number of aliphatic hydroxyl groups excluding tert-OH is 1. The van der Waals surface area contributed by atoms with E-state index in [0.717, 1.165) is 39.0 Å². The molecule has 0 saturated carbocycles. The lowest BCUT2D eigenvalue weighted by molar-refractivity contribution is -0.142. The van der Waals surface area contributed by atoms with Crippen molar-refractivity contribution >= 4 is 11.5 Å². The first kappa shape index (κ1) is 31.3. The zero-order valence-electron chi connectivity index (χ0n) is 25.2. The van der Waals surface area contributed by atoms with E-state index in [1.165, 1.54) is 12.7 Å². The third kappa shape index (κ3) is 9.18. The maximum absolute atomic E-state index is 11.5. The fraction of sp³-hybridized carbons (Fsp3) is 0.237. The second-order valence-electron chi connectivity index (χ2n) is 11.1. The van der Waals surface area contributed by atoms with Crippen molar-refractivity contribution in [3.63, 3.8) is 0 Å². The van der Waals surface area contributed by atoms with Crippen LogP contribution in [0.3, 0.4) is 0 Å². The van der Waals surface area contributed by atoms with Gasteiger partial charge in [0.1, 0.15) is 5.75 Å². The first-order valence-corrected chi connectivity index (χ1v) is 14.3. The molecule has 0 saturated heterocycles. The Labute approximate surface area is 254 Å². The van der Waals surface area contributed by atoms with E-state index >= 15 is 0 Å². The van der Waals surface area contributed by atoms with Gasteiger partial charge in [-0.2, -0.15) is 0 Å². The molecule has 0 atom stereocenters. The minimum absolute atomic E-state index is 0.0216. The van der Waals surface area contributed by atoms with Crippen molar-refractivity contribution in [1.82, 2.24) is 0 Å². The zero-order chi connectivity index (χ0) is 30.7. The van der Waals surface area contributed by atoms with Gasteiger partial charge in [-0.15, -0.1) is 0 Å². The van der Waals surface area contributed by atoms with E-state index < -0.39 is 5.97 Å². The summed E-state index contributed by atoms with van der Waals surface area (Å²) < 4.78 is 16.4. The van der Waals surface area contributed by atoms with Crippen molar-refractivity contribution in [2.75, 3.05) is 20.3 Å². The number of esters is 1. The molecule has 0 aliphatic heterocycles. The Bertz CT molecular complexity index is 1580. The molecule has 43 heavy (non-hydrogen) atoms. The zero-order valence-corrected chi connectivity index (χ0v) is 25.2. The van der Waals surface area contributed by atoms with Gasteiger partial charge < -0.3 is 19.3 Å². The lowest BCUT2D eigenvalue weighted by Gasteiger charge is -2.19. The number of hydrogen-bond acceptors (Lipinski definition) is 5. The van der Waals surface area contributed by atoms with Crippen molar-refractivity contribution in [3.05, 3.63) is 142 Å². The summed E-state index contributed by atoms with van der Waals surface area (Å²) in [5, 5.41) is 9.25. The Kier molecular flexibility index (Phi) is 10.9. The van der Waals surface area contributed by atoms with Gasteiger partial charge in [0.25, 0.3) is 0 Å². The van der Waals surface area contributed by atoms with Crippen molar-refractivity contribution in [1.29, 1.82) is 0 Å². The van der Waals surface area contributed by atoms with Gasteiger partial charge in [-0.1, -0.05) is 105 Å². The molecule has 0 aliphatic carbocycles. The lowest BCUT2D eigenvalue weighted by Crippen LogP contribution is -2.13. The molecule has 4 rings (SSSR count). The van der Waals surface area contributed by atoms with Crippen LogP contribution in [0.25, 0.3) is 5.57 Å². The maximum atomic E-state index is 11.5. The lowest BCUT2D eigenvalue weighted by atomic mass is 9.85. The van der Waals surface area contributed by atoms with E-state index in [1.54, 1.807) is 0 Å². The van der Waals surface area contributed by atoms with Crippen LogP contribution in [0.5, 0.6) is 5.75 Å². The van der Waals surface area contributed by atoms with Gasteiger partial charge in [-0.05, 0) is 63.6 Å². The second kappa shape index (κ2) is 15.0. The summed E-state index contributed by atoms with van der Waals surface area (Å²) in [6.45, 7) is 7.21. The molecule has 0 unspecified atom stereocenters. The average molecular weight is 575 g/mol. The summed E-state index contributed by atoms with van der Waals surface area (Å²) in [7, 11) is 1.33. The van der Waals surface area contributed by atoms with Crippen LogP contribution in [0.15, 0.2) is 103 Å². The molecule has 0 bridgehead atoms. The molecule has 4 aromatic rings. The first-order chi connectivity index (χ1) is 20.8. The Hall–Kier alpha value is -4.63. The number of ether oxygens (including phenoxy) is 3. The second-order valence-corrected chi connectivity index (χ2v) is 11.1. The van der Waals surface area contributed by atoms with Gasteiger partial charge in [-0.3, -0.25) is 0 Å². The van der Waals surface area contributed by atoms with Crippen molar-refractivity contribution < 1.29 is 24.1 Å². The molecule has 0 radical (unpaired) electrons. The van der Waals surface area contributed by atoms with Crippen LogP contribution < -0.4 is 4.74 Å². The summed E-state index contributed by atoms with van der Waals surface area (Å²) in [5.74, 6) is 6.58. The summed E-state index contributed by atoms with van der Waals surface area (Å²) in [6.07, 6.45) is 2.09. The van der Waals surface area contributed by atoms with E-state index in [4.69, 9.17) is 9.47 Å². The average Bonchev–Trinajstić information content (AvgIpc) is 3.03. The highest BCUT2D eigenvalue weighted by Gasteiger charge is 2.14. The Morgan fingerprint density at radius 2 is 1.40 bits per heavy atom. The summed E-state index contributed by atoms with van der Waals surface area (Å²) >= 11 is 0. The van der Waals surface area contributed by atoms with Gasteiger partial charge >= 0.3 is 5.97 Å².